The lowest BCUT2D eigenvalue weighted by Gasteiger charge is -2.04. The second-order valence-electron chi connectivity index (χ2n) is 5.12. The number of guanidine groups is 1. The second kappa shape index (κ2) is 5.44. The van der Waals surface area contributed by atoms with Gasteiger partial charge in [-0.2, -0.15) is 5.10 Å². The van der Waals surface area contributed by atoms with Crippen LogP contribution < -0.4 is 10.7 Å². The van der Waals surface area contributed by atoms with E-state index in [4.69, 9.17) is 4.98 Å². The quantitative estimate of drug-likeness (QED) is 0.432. The van der Waals surface area contributed by atoms with Crippen molar-refractivity contribution in [3.8, 4) is 0 Å². The van der Waals surface area contributed by atoms with Crippen molar-refractivity contribution >= 4 is 34.0 Å². The fourth-order valence-electron chi connectivity index (χ4n) is 2.57. The lowest BCUT2D eigenvalue weighted by molar-refractivity contribution is 0.920. The van der Waals surface area contributed by atoms with E-state index >= 15 is 0 Å². The van der Waals surface area contributed by atoms with E-state index in [1.165, 1.54) is 0 Å². The van der Waals surface area contributed by atoms with Gasteiger partial charge in [0, 0.05) is 22.9 Å². The van der Waals surface area contributed by atoms with Crippen molar-refractivity contribution < 1.29 is 0 Å². The van der Waals surface area contributed by atoms with Gasteiger partial charge in [0.15, 0.2) is 0 Å². The maximum Gasteiger partial charge on any atom is 0.212 e. The highest BCUT2D eigenvalue weighted by atomic mass is 15.4. The second-order valence-corrected chi connectivity index (χ2v) is 5.12. The number of rotatable bonds is 2. The number of nitrogens with zero attached hydrogens (tertiary/aromatic N) is 3. The minimum atomic E-state index is 0.722. The first kappa shape index (κ1) is 12.8. The van der Waals surface area contributed by atoms with Crippen LogP contribution in [-0.2, 0) is 0 Å². The number of aromatic nitrogens is 1. The molecule has 5 heteroatoms. The van der Waals surface area contributed by atoms with Gasteiger partial charge in [0.1, 0.15) is 0 Å². The molecule has 0 bridgehead atoms. The monoisotopic (exact) mass is 289 g/mol. The summed E-state index contributed by atoms with van der Waals surface area (Å²) in [6, 6.07) is 16.3. The molecule has 0 atom stereocenters. The highest BCUT2D eigenvalue weighted by Gasteiger charge is 2.04. The molecule has 0 saturated heterocycles. The molecule has 2 heterocycles. The number of benzene rings is 2. The van der Waals surface area contributed by atoms with Gasteiger partial charge in [-0.3, -0.25) is 0 Å². The Bertz CT molecular complexity index is 898. The average molecular weight is 289 g/mol. The molecular formula is C17H15N5. The highest BCUT2D eigenvalue weighted by Crippen LogP contribution is 2.21. The normalized spacial score (nSPS) is 14.5. The van der Waals surface area contributed by atoms with Crippen molar-refractivity contribution in [1.29, 1.82) is 0 Å². The zero-order valence-electron chi connectivity index (χ0n) is 12.0. The summed E-state index contributed by atoms with van der Waals surface area (Å²) in [5, 5.41) is 9.60. The van der Waals surface area contributed by atoms with E-state index in [-0.39, 0.29) is 0 Å². The molecule has 0 fully saturated rings. The third-order valence-corrected chi connectivity index (χ3v) is 3.64. The summed E-state index contributed by atoms with van der Waals surface area (Å²) < 4.78 is 0. The van der Waals surface area contributed by atoms with Crippen LogP contribution in [0, 0.1) is 0 Å². The number of pyridine rings is 1. The van der Waals surface area contributed by atoms with Gasteiger partial charge in [-0.15, -0.1) is 0 Å². The molecule has 1 aromatic heterocycles. The molecule has 4 rings (SSSR count). The zero-order chi connectivity index (χ0) is 14.8. The van der Waals surface area contributed by atoms with Crippen molar-refractivity contribution in [2.45, 2.75) is 0 Å². The molecule has 1 aliphatic rings. The first-order valence-electron chi connectivity index (χ1n) is 7.26. The summed E-state index contributed by atoms with van der Waals surface area (Å²) >= 11 is 0. The summed E-state index contributed by atoms with van der Waals surface area (Å²) in [6.45, 7) is 1.66. The van der Waals surface area contributed by atoms with E-state index < -0.39 is 0 Å². The van der Waals surface area contributed by atoms with Crippen LogP contribution in [0.2, 0.25) is 0 Å². The van der Waals surface area contributed by atoms with Gasteiger partial charge < -0.3 is 5.32 Å². The van der Waals surface area contributed by atoms with Crippen LogP contribution in [0.4, 0.5) is 0 Å². The fraction of sp³-hybridized carbons (Fsp3) is 0.118. The van der Waals surface area contributed by atoms with Crippen LogP contribution in [0.1, 0.15) is 5.56 Å². The van der Waals surface area contributed by atoms with E-state index in [2.05, 4.69) is 33.0 Å². The van der Waals surface area contributed by atoms with Crippen molar-refractivity contribution in [2.24, 2.45) is 10.1 Å². The Hall–Kier alpha value is -2.95. The smallest absolute Gasteiger partial charge is 0.212 e. The van der Waals surface area contributed by atoms with Crippen LogP contribution in [-0.4, -0.2) is 30.2 Å². The molecule has 5 nitrogen and oxygen atoms in total. The summed E-state index contributed by atoms with van der Waals surface area (Å²) in [5.41, 5.74) is 5.93. The predicted octanol–water partition coefficient (Wildman–Crippen LogP) is 2.27. The lowest BCUT2D eigenvalue weighted by atomic mass is 10.1. The number of hydrazone groups is 1. The number of para-hydroxylation sites is 1. The van der Waals surface area contributed by atoms with Crippen molar-refractivity contribution in [3.05, 3.63) is 54.1 Å². The van der Waals surface area contributed by atoms with Crippen LogP contribution in [0.3, 0.4) is 0 Å². The van der Waals surface area contributed by atoms with E-state index in [0.29, 0.717) is 0 Å². The summed E-state index contributed by atoms with van der Waals surface area (Å²) in [6.07, 6.45) is 1.81. The SMILES string of the molecule is C(=N\NC1=NCCN1)/c1cccc2nc3ccccc3cc12. The number of hydrogen-bond acceptors (Lipinski definition) is 5. The molecule has 3 aromatic rings. The maximum atomic E-state index is 4.71. The largest absolute Gasteiger partial charge is 0.353 e. The van der Waals surface area contributed by atoms with E-state index in [1.54, 1.807) is 6.21 Å². The summed E-state index contributed by atoms with van der Waals surface area (Å²) in [5.74, 6) is 0.722. The molecule has 0 spiro atoms. The van der Waals surface area contributed by atoms with Gasteiger partial charge in [-0.05, 0) is 18.2 Å². The minimum Gasteiger partial charge on any atom is -0.353 e. The van der Waals surface area contributed by atoms with Crippen LogP contribution >= 0.6 is 0 Å². The summed E-state index contributed by atoms with van der Waals surface area (Å²) in [4.78, 5) is 8.94. The molecule has 0 amide bonds. The maximum absolute atomic E-state index is 4.71. The van der Waals surface area contributed by atoms with Gasteiger partial charge in [0.25, 0.3) is 0 Å². The van der Waals surface area contributed by atoms with Crippen molar-refractivity contribution in [3.63, 3.8) is 0 Å². The molecule has 22 heavy (non-hydrogen) atoms. The third-order valence-electron chi connectivity index (χ3n) is 3.64. The molecule has 0 saturated carbocycles. The van der Waals surface area contributed by atoms with Crippen molar-refractivity contribution in [1.82, 2.24) is 15.7 Å². The molecule has 0 aliphatic carbocycles. The van der Waals surface area contributed by atoms with Crippen LogP contribution in [0.5, 0.6) is 0 Å². The molecule has 0 radical (unpaired) electrons. The number of fused-ring (bicyclic) bond motifs is 2. The molecule has 108 valence electrons. The van der Waals surface area contributed by atoms with Gasteiger partial charge in [-0.1, -0.05) is 30.3 Å². The summed E-state index contributed by atoms with van der Waals surface area (Å²) in [7, 11) is 0. The zero-order valence-corrected chi connectivity index (χ0v) is 12.0. The molecule has 2 aromatic carbocycles. The minimum absolute atomic E-state index is 0.722. The van der Waals surface area contributed by atoms with E-state index in [9.17, 15) is 0 Å². The first-order chi connectivity index (χ1) is 10.9. The average Bonchev–Trinajstić information content (AvgIpc) is 3.07. The van der Waals surface area contributed by atoms with Gasteiger partial charge >= 0.3 is 0 Å². The number of aliphatic imine (C=N–C) groups is 1. The van der Waals surface area contributed by atoms with Gasteiger partial charge in [0.05, 0.1) is 23.8 Å². The number of hydrogen-bond donors (Lipinski definition) is 2. The first-order valence-corrected chi connectivity index (χ1v) is 7.26. The lowest BCUT2D eigenvalue weighted by Crippen LogP contribution is -2.30. The molecular weight excluding hydrogens is 274 g/mol. The van der Waals surface area contributed by atoms with E-state index in [0.717, 1.165) is 46.4 Å². The Morgan fingerprint density at radius 1 is 1.09 bits per heavy atom. The van der Waals surface area contributed by atoms with E-state index in [1.807, 2.05) is 36.4 Å². The Kier molecular flexibility index (Phi) is 3.16. The Morgan fingerprint density at radius 3 is 2.91 bits per heavy atom. The van der Waals surface area contributed by atoms with Gasteiger partial charge in [-0.25, -0.2) is 15.4 Å². The van der Waals surface area contributed by atoms with Crippen molar-refractivity contribution in [2.75, 3.05) is 13.1 Å². The molecule has 1 aliphatic heterocycles. The standard InChI is InChI=1S/C17H15N5/c1-2-6-15-12(4-1)10-14-13(5-3-7-16(14)21-15)11-20-22-17-18-8-9-19-17/h1-7,10-11H,8-9H2,(H2,18,19,22)/b20-11+. The Balaban J connectivity index is 1.73. The molecule has 2 N–H and O–H groups in total. The Morgan fingerprint density at radius 2 is 2.00 bits per heavy atom. The molecule has 0 unspecified atom stereocenters. The highest BCUT2D eigenvalue weighted by molar-refractivity contribution is 6.03. The topological polar surface area (TPSA) is 61.7 Å². The van der Waals surface area contributed by atoms with Crippen LogP contribution in [0.25, 0.3) is 21.8 Å². The Labute approximate surface area is 127 Å². The van der Waals surface area contributed by atoms with Crippen LogP contribution in [0.15, 0.2) is 58.6 Å². The fourth-order valence-corrected chi connectivity index (χ4v) is 2.57. The predicted molar refractivity (Wildman–Crippen MR) is 90.3 cm³/mol. The third kappa shape index (κ3) is 2.37. The number of nitrogens with one attached hydrogen (secondary N) is 2. The van der Waals surface area contributed by atoms with Gasteiger partial charge in [0.2, 0.25) is 5.96 Å².